The summed E-state index contributed by atoms with van der Waals surface area (Å²) in [5.41, 5.74) is 5.43. The van der Waals surface area contributed by atoms with Crippen LogP contribution in [-0.4, -0.2) is 19.9 Å². The van der Waals surface area contributed by atoms with Gasteiger partial charge in [-0.25, -0.2) is 9.97 Å². The van der Waals surface area contributed by atoms with Crippen molar-refractivity contribution in [2.24, 2.45) is 0 Å². The maximum atomic E-state index is 4.73. The topological polar surface area (TPSA) is 57.4 Å². The van der Waals surface area contributed by atoms with Gasteiger partial charge in [-0.2, -0.15) is 0 Å². The highest BCUT2D eigenvalue weighted by Crippen LogP contribution is 2.24. The molecule has 3 aromatic heterocycles. The number of pyridine rings is 1. The molecule has 1 unspecified atom stereocenters. The normalized spacial score (nSPS) is 13.2. The minimum Gasteiger partial charge on any atom is -0.343 e. The van der Waals surface area contributed by atoms with E-state index in [0.29, 0.717) is 11.8 Å². The molecule has 4 aromatic rings. The number of benzene rings is 1. The molecule has 0 bridgehead atoms. The van der Waals surface area contributed by atoms with Crippen molar-refractivity contribution in [3.05, 3.63) is 59.7 Å². The van der Waals surface area contributed by atoms with Crippen molar-refractivity contribution in [2.75, 3.05) is 0 Å². The summed E-state index contributed by atoms with van der Waals surface area (Å²) in [7, 11) is 0. The molecule has 0 amide bonds. The van der Waals surface area contributed by atoms with Crippen LogP contribution in [0.3, 0.4) is 0 Å². The van der Waals surface area contributed by atoms with Crippen LogP contribution in [-0.2, 0) is 6.42 Å². The van der Waals surface area contributed by atoms with E-state index in [9.17, 15) is 0 Å². The fraction of sp³-hybridized carbons (Fsp3) is 0.300. The van der Waals surface area contributed by atoms with Gasteiger partial charge in [0.1, 0.15) is 11.5 Å². The van der Waals surface area contributed by atoms with Gasteiger partial charge in [0.25, 0.3) is 0 Å². The van der Waals surface area contributed by atoms with Crippen molar-refractivity contribution >= 4 is 22.1 Å². The number of para-hydroxylation sites is 2. The minimum absolute atomic E-state index is 0.315. The van der Waals surface area contributed by atoms with Crippen LogP contribution in [0.2, 0.25) is 0 Å². The van der Waals surface area contributed by atoms with Gasteiger partial charge < -0.3 is 9.97 Å². The van der Waals surface area contributed by atoms with Crippen LogP contribution < -0.4 is 0 Å². The molecule has 4 rings (SSSR count). The Morgan fingerprint density at radius 1 is 0.958 bits per heavy atom. The summed E-state index contributed by atoms with van der Waals surface area (Å²) in [6, 6.07) is 14.6. The van der Waals surface area contributed by atoms with E-state index in [1.54, 1.807) is 0 Å². The van der Waals surface area contributed by atoms with Gasteiger partial charge in [-0.05, 0) is 42.7 Å². The summed E-state index contributed by atoms with van der Waals surface area (Å²) in [4.78, 5) is 16.4. The first-order valence-electron chi connectivity index (χ1n) is 8.53. The predicted molar refractivity (Wildman–Crippen MR) is 98.4 cm³/mol. The Bertz CT molecular complexity index is 960. The molecule has 0 fully saturated rings. The second kappa shape index (κ2) is 5.78. The molecule has 0 saturated carbocycles. The van der Waals surface area contributed by atoms with Gasteiger partial charge in [-0.1, -0.05) is 32.9 Å². The van der Waals surface area contributed by atoms with E-state index in [0.717, 1.165) is 34.6 Å². The zero-order valence-corrected chi connectivity index (χ0v) is 14.3. The van der Waals surface area contributed by atoms with Gasteiger partial charge in [0.05, 0.1) is 11.0 Å². The molecule has 1 aromatic carbocycles. The SMILES string of the molecule is CC(C)c1ccc2cc(CC(C)c3nc4ccccc4[nH]3)[nH]c2n1. The third-order valence-corrected chi connectivity index (χ3v) is 4.55. The Kier molecular flexibility index (Phi) is 3.60. The number of aromatic amines is 2. The number of rotatable bonds is 4. The molecular weight excluding hydrogens is 296 g/mol. The van der Waals surface area contributed by atoms with Crippen molar-refractivity contribution in [2.45, 2.75) is 39.0 Å². The van der Waals surface area contributed by atoms with E-state index in [1.807, 2.05) is 18.2 Å². The Morgan fingerprint density at radius 3 is 2.58 bits per heavy atom. The van der Waals surface area contributed by atoms with E-state index in [4.69, 9.17) is 9.97 Å². The Labute approximate surface area is 141 Å². The number of nitrogens with one attached hydrogen (secondary N) is 2. The van der Waals surface area contributed by atoms with Crippen LogP contribution in [0.25, 0.3) is 22.1 Å². The Hall–Kier alpha value is -2.62. The molecule has 0 saturated heterocycles. The van der Waals surface area contributed by atoms with Crippen molar-refractivity contribution in [1.82, 2.24) is 19.9 Å². The molecule has 0 aliphatic carbocycles. The van der Waals surface area contributed by atoms with E-state index >= 15 is 0 Å². The molecule has 0 aliphatic heterocycles. The molecule has 0 spiro atoms. The van der Waals surface area contributed by atoms with Gasteiger partial charge in [0, 0.05) is 22.7 Å². The zero-order chi connectivity index (χ0) is 16.7. The Morgan fingerprint density at radius 2 is 1.79 bits per heavy atom. The number of hydrogen-bond donors (Lipinski definition) is 2. The molecule has 24 heavy (non-hydrogen) atoms. The molecule has 3 heterocycles. The van der Waals surface area contributed by atoms with Crippen LogP contribution in [0.15, 0.2) is 42.5 Å². The smallest absolute Gasteiger partial charge is 0.137 e. The molecular formula is C20H22N4. The van der Waals surface area contributed by atoms with Crippen molar-refractivity contribution < 1.29 is 0 Å². The first-order chi connectivity index (χ1) is 11.6. The standard InChI is InChI=1S/C20H22N4/c1-12(2)16-9-8-14-11-15(21-20(14)22-16)10-13(3)19-23-17-6-4-5-7-18(17)24-19/h4-9,11-13H,10H2,1-3H3,(H,21,22)(H,23,24). The lowest BCUT2D eigenvalue weighted by atomic mass is 10.1. The van der Waals surface area contributed by atoms with Crippen LogP contribution in [0.5, 0.6) is 0 Å². The van der Waals surface area contributed by atoms with E-state index in [1.165, 1.54) is 11.1 Å². The van der Waals surface area contributed by atoms with Gasteiger partial charge in [0.2, 0.25) is 0 Å². The number of aromatic nitrogens is 4. The molecule has 4 heteroatoms. The molecule has 4 nitrogen and oxygen atoms in total. The maximum absolute atomic E-state index is 4.73. The fourth-order valence-corrected chi connectivity index (χ4v) is 3.14. The lowest BCUT2D eigenvalue weighted by Gasteiger charge is -2.06. The second-order valence-corrected chi connectivity index (χ2v) is 6.87. The summed E-state index contributed by atoms with van der Waals surface area (Å²) in [6.45, 7) is 6.54. The van der Waals surface area contributed by atoms with Crippen LogP contribution >= 0.6 is 0 Å². The van der Waals surface area contributed by atoms with Gasteiger partial charge in [0.15, 0.2) is 0 Å². The number of nitrogens with zero attached hydrogens (tertiary/aromatic N) is 2. The van der Waals surface area contributed by atoms with Gasteiger partial charge in [-0.15, -0.1) is 0 Å². The van der Waals surface area contributed by atoms with E-state index in [2.05, 4.69) is 55.0 Å². The fourth-order valence-electron chi connectivity index (χ4n) is 3.14. The first-order valence-corrected chi connectivity index (χ1v) is 8.53. The van der Waals surface area contributed by atoms with Crippen molar-refractivity contribution in [3.63, 3.8) is 0 Å². The summed E-state index contributed by atoms with van der Waals surface area (Å²) < 4.78 is 0. The summed E-state index contributed by atoms with van der Waals surface area (Å²) in [5, 5.41) is 1.17. The highest BCUT2D eigenvalue weighted by molar-refractivity contribution is 5.77. The highest BCUT2D eigenvalue weighted by atomic mass is 14.9. The van der Waals surface area contributed by atoms with Crippen molar-refractivity contribution in [1.29, 1.82) is 0 Å². The van der Waals surface area contributed by atoms with Crippen molar-refractivity contribution in [3.8, 4) is 0 Å². The largest absolute Gasteiger partial charge is 0.343 e. The number of imidazole rings is 1. The maximum Gasteiger partial charge on any atom is 0.137 e. The molecule has 0 radical (unpaired) electrons. The first kappa shape index (κ1) is 14.9. The number of fused-ring (bicyclic) bond motifs is 2. The van der Waals surface area contributed by atoms with E-state index < -0.39 is 0 Å². The second-order valence-electron chi connectivity index (χ2n) is 6.87. The molecule has 2 N–H and O–H groups in total. The molecule has 122 valence electrons. The summed E-state index contributed by atoms with van der Waals surface area (Å²) in [5.74, 6) is 1.79. The lowest BCUT2D eigenvalue weighted by Crippen LogP contribution is -2.01. The van der Waals surface area contributed by atoms with Crippen LogP contribution in [0, 0.1) is 0 Å². The lowest BCUT2D eigenvalue weighted by molar-refractivity contribution is 0.703. The predicted octanol–water partition coefficient (Wildman–Crippen LogP) is 4.91. The molecule has 0 aliphatic rings. The minimum atomic E-state index is 0.315. The molecule has 1 atom stereocenters. The quantitative estimate of drug-likeness (QED) is 0.562. The van der Waals surface area contributed by atoms with Crippen LogP contribution in [0.4, 0.5) is 0 Å². The summed E-state index contributed by atoms with van der Waals surface area (Å²) in [6.07, 6.45) is 0.910. The number of H-pyrrole nitrogens is 2. The third kappa shape index (κ3) is 2.68. The summed E-state index contributed by atoms with van der Waals surface area (Å²) >= 11 is 0. The van der Waals surface area contributed by atoms with Crippen LogP contribution in [0.1, 0.15) is 49.8 Å². The van der Waals surface area contributed by atoms with Gasteiger partial charge >= 0.3 is 0 Å². The highest BCUT2D eigenvalue weighted by Gasteiger charge is 2.13. The average molecular weight is 318 g/mol. The average Bonchev–Trinajstić information content (AvgIpc) is 3.17. The Balaban J connectivity index is 1.60. The number of hydrogen-bond acceptors (Lipinski definition) is 2. The third-order valence-electron chi connectivity index (χ3n) is 4.55. The van der Waals surface area contributed by atoms with Gasteiger partial charge in [-0.3, -0.25) is 0 Å². The zero-order valence-electron chi connectivity index (χ0n) is 14.3. The monoisotopic (exact) mass is 318 g/mol. The van der Waals surface area contributed by atoms with E-state index in [-0.39, 0.29) is 0 Å².